The van der Waals surface area contributed by atoms with E-state index in [2.05, 4.69) is 5.32 Å². The fourth-order valence-electron chi connectivity index (χ4n) is 4.20. The topological polar surface area (TPSA) is 106 Å². The SMILES string of the molecule is CC(=O)N1c2ccccc2CC2=C(C(=O)CC(C)(C)N2)[C@@H]1c1ccc([N+](=O)[O-])o1. The highest BCUT2D eigenvalue weighted by atomic mass is 16.6. The number of anilines is 1. The van der Waals surface area contributed by atoms with Gasteiger partial charge in [0.15, 0.2) is 5.78 Å². The quantitative estimate of drug-likeness (QED) is 0.617. The van der Waals surface area contributed by atoms with E-state index in [9.17, 15) is 19.7 Å². The summed E-state index contributed by atoms with van der Waals surface area (Å²) >= 11 is 0. The number of carbonyl (C=O) groups excluding carboxylic acids is 2. The number of hydrogen-bond donors (Lipinski definition) is 1. The van der Waals surface area contributed by atoms with Gasteiger partial charge in [0.1, 0.15) is 16.7 Å². The number of benzene rings is 1. The van der Waals surface area contributed by atoms with Crippen LogP contribution in [-0.4, -0.2) is 22.2 Å². The number of para-hydroxylation sites is 1. The molecule has 8 nitrogen and oxygen atoms in total. The monoisotopic (exact) mass is 395 g/mol. The zero-order valence-corrected chi connectivity index (χ0v) is 16.4. The summed E-state index contributed by atoms with van der Waals surface area (Å²) in [7, 11) is 0. The fourth-order valence-corrected chi connectivity index (χ4v) is 4.20. The average molecular weight is 395 g/mol. The van der Waals surface area contributed by atoms with Crippen LogP contribution in [0.2, 0.25) is 0 Å². The lowest BCUT2D eigenvalue weighted by atomic mass is 9.83. The lowest BCUT2D eigenvalue weighted by Crippen LogP contribution is -2.48. The molecule has 1 aromatic carbocycles. The molecular formula is C21H21N3O5. The molecule has 4 rings (SSSR count). The number of nitrogens with one attached hydrogen (secondary N) is 1. The number of fused-ring (bicyclic) bond motifs is 1. The molecule has 8 heteroatoms. The van der Waals surface area contributed by atoms with Gasteiger partial charge in [-0.25, -0.2) is 0 Å². The van der Waals surface area contributed by atoms with Crippen molar-refractivity contribution in [1.29, 1.82) is 0 Å². The molecule has 0 saturated heterocycles. The van der Waals surface area contributed by atoms with Gasteiger partial charge < -0.3 is 9.73 Å². The maximum absolute atomic E-state index is 13.2. The van der Waals surface area contributed by atoms with Gasteiger partial charge in [-0.15, -0.1) is 0 Å². The second kappa shape index (κ2) is 6.58. The smallest absolute Gasteiger partial charge is 0.403 e. The standard InChI is InChI=1S/C21H21N3O5/c1-12(25)23-15-7-5-4-6-13(15)10-14-19(16(26)11-21(2,3)22-14)20(23)17-8-9-18(29-17)24(27)28/h4-9,20,22H,10-11H2,1-3H3/t20-/m0/s1. The van der Waals surface area contributed by atoms with Crippen LogP contribution in [0.5, 0.6) is 0 Å². The van der Waals surface area contributed by atoms with Crippen LogP contribution in [0.4, 0.5) is 11.6 Å². The molecule has 0 unspecified atom stereocenters. The minimum absolute atomic E-state index is 0.105. The molecule has 150 valence electrons. The summed E-state index contributed by atoms with van der Waals surface area (Å²) in [5.41, 5.74) is 2.24. The van der Waals surface area contributed by atoms with Crippen molar-refractivity contribution in [3.05, 3.63) is 69.1 Å². The normalized spacial score (nSPS) is 20.4. The first-order chi connectivity index (χ1) is 13.7. The Morgan fingerprint density at radius 1 is 1.28 bits per heavy atom. The number of hydrogen-bond acceptors (Lipinski definition) is 6. The molecule has 0 bridgehead atoms. The number of furan rings is 1. The van der Waals surface area contributed by atoms with E-state index in [4.69, 9.17) is 4.42 Å². The molecule has 3 heterocycles. The van der Waals surface area contributed by atoms with E-state index in [0.29, 0.717) is 23.4 Å². The number of amides is 1. The van der Waals surface area contributed by atoms with Crippen molar-refractivity contribution >= 4 is 23.3 Å². The second-order valence-corrected chi connectivity index (χ2v) is 8.03. The van der Waals surface area contributed by atoms with E-state index in [1.807, 2.05) is 38.1 Å². The van der Waals surface area contributed by atoms with Crippen LogP contribution >= 0.6 is 0 Å². The molecule has 1 N–H and O–H groups in total. The number of ketones is 1. The summed E-state index contributed by atoms with van der Waals surface area (Å²) < 4.78 is 5.48. The number of carbonyl (C=O) groups is 2. The molecule has 2 aliphatic rings. The molecule has 1 atom stereocenters. The number of nitrogens with zero attached hydrogens (tertiary/aromatic N) is 2. The summed E-state index contributed by atoms with van der Waals surface area (Å²) in [6.07, 6.45) is 0.691. The van der Waals surface area contributed by atoms with E-state index >= 15 is 0 Å². The Bertz CT molecular complexity index is 1070. The van der Waals surface area contributed by atoms with Crippen molar-refractivity contribution in [2.24, 2.45) is 0 Å². The average Bonchev–Trinajstić information content (AvgIpc) is 3.05. The minimum atomic E-state index is -0.879. The maximum atomic E-state index is 13.2. The van der Waals surface area contributed by atoms with E-state index in [1.54, 1.807) is 0 Å². The van der Waals surface area contributed by atoms with Gasteiger partial charge in [0.2, 0.25) is 5.91 Å². The molecule has 0 aliphatic carbocycles. The molecule has 0 fully saturated rings. The summed E-state index contributed by atoms with van der Waals surface area (Å²) in [5, 5.41) is 14.6. The number of allylic oxidation sites excluding steroid dienone is 1. The molecule has 1 amide bonds. The summed E-state index contributed by atoms with van der Waals surface area (Å²) in [6, 6.07) is 9.26. The third-order valence-electron chi connectivity index (χ3n) is 5.27. The third kappa shape index (κ3) is 3.20. The van der Waals surface area contributed by atoms with Crippen LogP contribution in [0.15, 0.2) is 52.1 Å². The molecule has 29 heavy (non-hydrogen) atoms. The van der Waals surface area contributed by atoms with Gasteiger partial charge in [-0.1, -0.05) is 18.2 Å². The van der Waals surface area contributed by atoms with Gasteiger partial charge in [-0.05, 0) is 31.5 Å². The highest BCUT2D eigenvalue weighted by Gasteiger charge is 2.43. The molecule has 1 aromatic heterocycles. The Morgan fingerprint density at radius 2 is 2.00 bits per heavy atom. The molecule has 2 aromatic rings. The summed E-state index contributed by atoms with van der Waals surface area (Å²) in [4.78, 5) is 38.0. The first-order valence-electron chi connectivity index (χ1n) is 9.34. The maximum Gasteiger partial charge on any atom is 0.433 e. The fraction of sp³-hybridized carbons (Fsp3) is 0.333. The van der Waals surface area contributed by atoms with Gasteiger partial charge in [0.05, 0.1) is 6.07 Å². The largest absolute Gasteiger partial charge is 0.433 e. The predicted molar refractivity (Wildman–Crippen MR) is 105 cm³/mol. The molecule has 0 spiro atoms. The van der Waals surface area contributed by atoms with Crippen molar-refractivity contribution in [3.8, 4) is 0 Å². The molecular weight excluding hydrogens is 374 g/mol. The van der Waals surface area contributed by atoms with E-state index in [1.165, 1.54) is 24.0 Å². The van der Waals surface area contributed by atoms with Gasteiger partial charge in [-0.2, -0.15) is 0 Å². The van der Waals surface area contributed by atoms with Gasteiger partial charge >= 0.3 is 5.88 Å². The van der Waals surface area contributed by atoms with Gasteiger partial charge in [0.25, 0.3) is 0 Å². The molecule has 0 saturated carbocycles. The van der Waals surface area contributed by atoms with Crippen molar-refractivity contribution in [2.75, 3.05) is 4.90 Å². The van der Waals surface area contributed by atoms with Crippen molar-refractivity contribution in [3.63, 3.8) is 0 Å². The van der Waals surface area contributed by atoms with E-state index < -0.39 is 22.4 Å². The highest BCUT2D eigenvalue weighted by molar-refractivity contribution is 6.03. The van der Waals surface area contributed by atoms with Crippen LogP contribution in [-0.2, 0) is 16.0 Å². The van der Waals surface area contributed by atoms with Crippen LogP contribution < -0.4 is 10.2 Å². The number of rotatable bonds is 2. The number of nitro groups is 1. The lowest BCUT2D eigenvalue weighted by molar-refractivity contribution is -0.402. The Kier molecular flexibility index (Phi) is 4.29. The van der Waals surface area contributed by atoms with E-state index in [-0.39, 0.29) is 23.9 Å². The van der Waals surface area contributed by atoms with Crippen LogP contribution in [0.25, 0.3) is 0 Å². The van der Waals surface area contributed by atoms with E-state index in [0.717, 1.165) is 5.56 Å². The van der Waals surface area contributed by atoms with Crippen LogP contribution in [0.3, 0.4) is 0 Å². The number of Topliss-reactive ketones (excluding diaryl/α,β-unsaturated/α-hetero) is 1. The van der Waals surface area contributed by atoms with Crippen molar-refractivity contribution in [2.45, 2.75) is 45.2 Å². The zero-order valence-electron chi connectivity index (χ0n) is 16.4. The highest BCUT2D eigenvalue weighted by Crippen LogP contribution is 2.44. The molecule has 2 aliphatic heterocycles. The zero-order chi connectivity index (χ0) is 20.9. The summed E-state index contributed by atoms with van der Waals surface area (Å²) in [6.45, 7) is 5.30. The van der Waals surface area contributed by atoms with Crippen LogP contribution in [0, 0.1) is 10.1 Å². The lowest BCUT2D eigenvalue weighted by Gasteiger charge is -2.37. The summed E-state index contributed by atoms with van der Waals surface area (Å²) in [5.74, 6) is -0.634. The van der Waals surface area contributed by atoms with Crippen LogP contribution in [0.1, 0.15) is 44.6 Å². The third-order valence-corrected chi connectivity index (χ3v) is 5.27. The Balaban J connectivity index is 1.99. The Morgan fingerprint density at radius 3 is 2.66 bits per heavy atom. The Labute approximate surface area is 167 Å². The molecule has 0 radical (unpaired) electrons. The second-order valence-electron chi connectivity index (χ2n) is 8.03. The van der Waals surface area contributed by atoms with Crippen molar-refractivity contribution in [1.82, 2.24) is 5.32 Å². The Hall–Kier alpha value is -3.42. The van der Waals surface area contributed by atoms with Gasteiger partial charge in [-0.3, -0.25) is 24.6 Å². The first kappa shape index (κ1) is 18.9. The first-order valence-corrected chi connectivity index (χ1v) is 9.34. The predicted octanol–water partition coefficient (Wildman–Crippen LogP) is 3.43. The van der Waals surface area contributed by atoms with Crippen molar-refractivity contribution < 1.29 is 18.9 Å². The van der Waals surface area contributed by atoms with Gasteiger partial charge in [0, 0.05) is 42.3 Å². The minimum Gasteiger partial charge on any atom is -0.403 e.